The number of nitrogens with one attached hydrogen (secondary N) is 1. The van der Waals surface area contributed by atoms with Crippen LogP contribution in [0.3, 0.4) is 0 Å². The van der Waals surface area contributed by atoms with Crippen molar-refractivity contribution in [2.75, 3.05) is 11.9 Å². The fraction of sp³-hybridized carbons (Fsp3) is 0.529. The molecule has 1 N–H and O–H groups in total. The van der Waals surface area contributed by atoms with Gasteiger partial charge in [0.2, 0.25) is 0 Å². The van der Waals surface area contributed by atoms with Crippen molar-refractivity contribution in [3.8, 4) is 0 Å². The van der Waals surface area contributed by atoms with E-state index in [1.165, 1.54) is 37.5 Å². The minimum Gasteiger partial charge on any atom is -0.383 e. The van der Waals surface area contributed by atoms with Crippen molar-refractivity contribution >= 4 is 16.6 Å². The summed E-state index contributed by atoms with van der Waals surface area (Å²) in [5.74, 6) is 1.84. The maximum atomic E-state index is 4.16. The average Bonchev–Trinajstić information content (AvgIpc) is 2.49. The van der Waals surface area contributed by atoms with Gasteiger partial charge < -0.3 is 5.32 Å². The minimum absolute atomic E-state index is 0.903. The summed E-state index contributed by atoms with van der Waals surface area (Å²) < 4.78 is 0. The van der Waals surface area contributed by atoms with Crippen molar-refractivity contribution in [3.63, 3.8) is 0 Å². The van der Waals surface area contributed by atoms with Crippen LogP contribution in [0.5, 0.6) is 0 Å². The molecule has 1 fully saturated rings. The SMILES string of the molecule is CC1CCC(CCNc2cnnc3ccccc23)CC1. The molecule has 1 aliphatic rings. The fourth-order valence-corrected chi connectivity index (χ4v) is 3.18. The molecule has 3 heteroatoms. The third-order valence-corrected chi connectivity index (χ3v) is 4.55. The molecule has 0 spiro atoms. The van der Waals surface area contributed by atoms with E-state index in [-0.39, 0.29) is 0 Å². The minimum atomic E-state index is 0.903. The molecule has 0 unspecified atom stereocenters. The summed E-state index contributed by atoms with van der Waals surface area (Å²) in [4.78, 5) is 0. The van der Waals surface area contributed by atoms with E-state index >= 15 is 0 Å². The Labute approximate surface area is 120 Å². The lowest BCUT2D eigenvalue weighted by molar-refractivity contribution is 0.282. The lowest BCUT2D eigenvalue weighted by atomic mass is 9.81. The zero-order valence-corrected chi connectivity index (χ0v) is 12.2. The molecule has 3 rings (SSSR count). The highest BCUT2D eigenvalue weighted by molar-refractivity contribution is 5.90. The first kappa shape index (κ1) is 13.3. The molecule has 0 amide bonds. The summed E-state index contributed by atoms with van der Waals surface area (Å²) in [7, 11) is 0. The van der Waals surface area contributed by atoms with Gasteiger partial charge in [-0.05, 0) is 24.3 Å². The Bertz CT molecular complexity index is 554. The summed E-state index contributed by atoms with van der Waals surface area (Å²) in [6.45, 7) is 3.41. The maximum Gasteiger partial charge on any atom is 0.0950 e. The van der Waals surface area contributed by atoms with E-state index in [1.807, 2.05) is 18.3 Å². The summed E-state index contributed by atoms with van der Waals surface area (Å²) in [6, 6.07) is 8.17. The van der Waals surface area contributed by atoms with Gasteiger partial charge in [0.25, 0.3) is 0 Å². The lowest BCUT2D eigenvalue weighted by Gasteiger charge is -2.26. The number of aromatic nitrogens is 2. The van der Waals surface area contributed by atoms with Crippen LogP contribution in [0, 0.1) is 11.8 Å². The van der Waals surface area contributed by atoms with Gasteiger partial charge in [-0.2, -0.15) is 10.2 Å². The van der Waals surface area contributed by atoms with Crippen LogP contribution in [-0.4, -0.2) is 16.7 Å². The maximum absolute atomic E-state index is 4.16. The van der Waals surface area contributed by atoms with Gasteiger partial charge in [0, 0.05) is 11.9 Å². The van der Waals surface area contributed by atoms with Gasteiger partial charge >= 0.3 is 0 Å². The third kappa shape index (κ3) is 3.09. The van der Waals surface area contributed by atoms with Crippen molar-refractivity contribution in [2.24, 2.45) is 11.8 Å². The van der Waals surface area contributed by atoms with Crippen molar-refractivity contribution in [2.45, 2.75) is 39.0 Å². The largest absolute Gasteiger partial charge is 0.383 e. The summed E-state index contributed by atoms with van der Waals surface area (Å²) >= 11 is 0. The number of rotatable bonds is 4. The molecule has 1 heterocycles. The van der Waals surface area contributed by atoms with E-state index in [9.17, 15) is 0 Å². The van der Waals surface area contributed by atoms with Crippen LogP contribution in [0.25, 0.3) is 10.9 Å². The second-order valence-electron chi connectivity index (χ2n) is 6.12. The van der Waals surface area contributed by atoms with E-state index in [4.69, 9.17) is 0 Å². The van der Waals surface area contributed by atoms with Crippen molar-refractivity contribution in [3.05, 3.63) is 30.5 Å². The molecular weight excluding hydrogens is 246 g/mol. The molecule has 20 heavy (non-hydrogen) atoms. The molecular formula is C17H23N3. The third-order valence-electron chi connectivity index (χ3n) is 4.55. The molecule has 2 aromatic rings. The Balaban J connectivity index is 1.57. The number of benzene rings is 1. The van der Waals surface area contributed by atoms with Crippen LogP contribution in [0.15, 0.2) is 30.5 Å². The quantitative estimate of drug-likeness (QED) is 0.901. The van der Waals surface area contributed by atoms with Gasteiger partial charge in [-0.3, -0.25) is 0 Å². The smallest absolute Gasteiger partial charge is 0.0950 e. The summed E-state index contributed by atoms with van der Waals surface area (Å²) in [5.41, 5.74) is 2.07. The predicted molar refractivity (Wildman–Crippen MR) is 83.8 cm³/mol. The average molecular weight is 269 g/mol. The Morgan fingerprint density at radius 1 is 1.15 bits per heavy atom. The highest BCUT2D eigenvalue weighted by Gasteiger charge is 2.17. The Morgan fingerprint density at radius 2 is 1.95 bits per heavy atom. The number of hydrogen-bond acceptors (Lipinski definition) is 3. The molecule has 0 aliphatic heterocycles. The molecule has 3 nitrogen and oxygen atoms in total. The Morgan fingerprint density at radius 3 is 2.80 bits per heavy atom. The van der Waals surface area contributed by atoms with Gasteiger partial charge in [-0.25, -0.2) is 0 Å². The first-order chi connectivity index (χ1) is 9.83. The molecule has 0 radical (unpaired) electrons. The predicted octanol–water partition coefficient (Wildman–Crippen LogP) is 4.26. The van der Waals surface area contributed by atoms with Crippen molar-refractivity contribution < 1.29 is 0 Å². The van der Waals surface area contributed by atoms with Gasteiger partial charge in [0.1, 0.15) is 0 Å². The van der Waals surface area contributed by atoms with E-state index in [2.05, 4.69) is 34.6 Å². The number of nitrogens with zero attached hydrogens (tertiary/aromatic N) is 2. The van der Waals surface area contributed by atoms with Crippen LogP contribution in [0.4, 0.5) is 5.69 Å². The summed E-state index contributed by atoms with van der Waals surface area (Å²) in [5, 5.41) is 12.9. The number of fused-ring (bicyclic) bond motifs is 1. The van der Waals surface area contributed by atoms with Crippen LogP contribution < -0.4 is 5.32 Å². The highest BCUT2D eigenvalue weighted by Crippen LogP contribution is 2.30. The van der Waals surface area contributed by atoms with Crippen LogP contribution in [0.2, 0.25) is 0 Å². The topological polar surface area (TPSA) is 37.8 Å². The molecule has 1 aromatic carbocycles. The van der Waals surface area contributed by atoms with Gasteiger partial charge in [0.15, 0.2) is 0 Å². The second-order valence-corrected chi connectivity index (χ2v) is 6.12. The van der Waals surface area contributed by atoms with Gasteiger partial charge in [-0.1, -0.05) is 50.8 Å². The Hall–Kier alpha value is -1.64. The molecule has 0 saturated heterocycles. The zero-order chi connectivity index (χ0) is 13.8. The first-order valence-electron chi connectivity index (χ1n) is 7.77. The molecule has 1 aliphatic carbocycles. The standard InChI is InChI=1S/C17H23N3/c1-13-6-8-14(9-7-13)10-11-18-17-12-19-20-16-5-3-2-4-15(16)17/h2-5,12-14H,6-11H2,1H3,(H,18,20). The van der Waals surface area contributed by atoms with Gasteiger partial charge in [0.05, 0.1) is 17.4 Å². The highest BCUT2D eigenvalue weighted by atomic mass is 15.1. The second kappa shape index (κ2) is 6.21. The van der Waals surface area contributed by atoms with Crippen LogP contribution in [-0.2, 0) is 0 Å². The van der Waals surface area contributed by atoms with E-state index in [0.29, 0.717) is 0 Å². The molecule has 106 valence electrons. The molecule has 0 bridgehead atoms. The molecule has 1 saturated carbocycles. The Kier molecular flexibility index (Phi) is 4.14. The van der Waals surface area contributed by atoms with E-state index in [0.717, 1.165) is 29.6 Å². The molecule has 0 atom stereocenters. The summed E-state index contributed by atoms with van der Waals surface area (Å²) in [6.07, 6.45) is 8.72. The van der Waals surface area contributed by atoms with E-state index < -0.39 is 0 Å². The normalized spacial score (nSPS) is 22.9. The van der Waals surface area contributed by atoms with Gasteiger partial charge in [-0.15, -0.1) is 0 Å². The first-order valence-corrected chi connectivity index (χ1v) is 7.77. The van der Waals surface area contributed by atoms with Crippen LogP contribution in [0.1, 0.15) is 39.0 Å². The number of anilines is 1. The van der Waals surface area contributed by atoms with Crippen molar-refractivity contribution in [1.82, 2.24) is 10.2 Å². The molecule has 1 aromatic heterocycles. The monoisotopic (exact) mass is 269 g/mol. The van der Waals surface area contributed by atoms with E-state index in [1.54, 1.807) is 0 Å². The lowest BCUT2D eigenvalue weighted by Crippen LogP contribution is -2.16. The van der Waals surface area contributed by atoms with Crippen molar-refractivity contribution in [1.29, 1.82) is 0 Å². The van der Waals surface area contributed by atoms with Crippen LogP contribution >= 0.6 is 0 Å². The fourth-order valence-electron chi connectivity index (χ4n) is 3.18. The number of hydrogen-bond donors (Lipinski definition) is 1. The zero-order valence-electron chi connectivity index (χ0n) is 12.2.